The van der Waals surface area contributed by atoms with Crippen LogP contribution in [-0.4, -0.2) is 33.5 Å². The fraction of sp³-hybridized carbons (Fsp3) is 0.190. The molecule has 0 atom stereocenters. The smallest absolute Gasteiger partial charge is 0.230 e. The molecule has 0 aliphatic carbocycles. The largest absolute Gasteiger partial charge is 0.348 e. The first-order valence-electron chi connectivity index (χ1n) is 8.62. The Morgan fingerprint density at radius 2 is 1.78 bits per heavy atom. The highest BCUT2D eigenvalue weighted by Gasteiger charge is 2.11. The Balaban J connectivity index is 1.57. The van der Waals surface area contributed by atoms with Gasteiger partial charge < -0.3 is 5.32 Å². The van der Waals surface area contributed by atoms with Crippen LogP contribution in [0.4, 0.5) is 0 Å². The molecule has 0 saturated carbocycles. The van der Waals surface area contributed by atoms with E-state index in [1.165, 1.54) is 22.9 Å². The Hall–Kier alpha value is -2.86. The number of imidazole rings is 1. The van der Waals surface area contributed by atoms with Crippen LogP contribution in [0.2, 0.25) is 0 Å². The van der Waals surface area contributed by atoms with Gasteiger partial charge in [-0.2, -0.15) is 0 Å². The lowest BCUT2D eigenvalue weighted by molar-refractivity contribution is -0.118. The molecular weight excluding hydrogens is 358 g/mol. The maximum absolute atomic E-state index is 12.1. The predicted octanol–water partition coefficient (Wildman–Crippen LogP) is 3.58. The van der Waals surface area contributed by atoms with Crippen LogP contribution >= 0.6 is 11.8 Å². The number of aromatic nitrogens is 2. The predicted molar refractivity (Wildman–Crippen MR) is 108 cm³/mol. The zero-order valence-electron chi connectivity index (χ0n) is 15.3. The fourth-order valence-electron chi connectivity index (χ4n) is 2.77. The van der Waals surface area contributed by atoms with Gasteiger partial charge in [0.05, 0.1) is 12.3 Å². The van der Waals surface area contributed by atoms with Crippen LogP contribution in [0.3, 0.4) is 0 Å². The molecule has 0 saturated heterocycles. The zero-order chi connectivity index (χ0) is 19.2. The van der Waals surface area contributed by atoms with Crippen LogP contribution in [0.1, 0.15) is 21.5 Å². The van der Waals surface area contributed by atoms with Gasteiger partial charge in [0.25, 0.3) is 0 Å². The van der Waals surface area contributed by atoms with E-state index < -0.39 is 0 Å². The second-order valence-corrected chi connectivity index (χ2v) is 7.22. The maximum atomic E-state index is 12.1. The highest BCUT2D eigenvalue weighted by atomic mass is 32.2. The minimum Gasteiger partial charge on any atom is -0.348 e. The highest BCUT2D eigenvalue weighted by molar-refractivity contribution is 7.99. The number of Topliss-reactive ketones (excluding diaryl/α,β-unsaturated/α-hetero) is 1. The average molecular weight is 379 g/mol. The third-order valence-electron chi connectivity index (χ3n) is 3.97. The van der Waals surface area contributed by atoms with Gasteiger partial charge in [-0.25, -0.2) is 4.98 Å². The van der Waals surface area contributed by atoms with Crippen molar-refractivity contribution in [3.05, 3.63) is 77.6 Å². The number of benzene rings is 2. The van der Waals surface area contributed by atoms with Crippen molar-refractivity contribution >= 4 is 23.5 Å². The number of hydrogen-bond acceptors (Lipinski definition) is 4. The van der Waals surface area contributed by atoms with Crippen molar-refractivity contribution in [1.29, 1.82) is 0 Å². The molecule has 1 N–H and O–H groups in total. The van der Waals surface area contributed by atoms with E-state index in [4.69, 9.17) is 0 Å². The lowest BCUT2D eigenvalue weighted by Crippen LogP contribution is -2.30. The molecule has 0 aliphatic rings. The SMILES string of the molecule is Cc1cc(C)cc(-n2ccnc2SCC(=O)NCC(=O)c2ccccc2)c1. The number of nitrogens with one attached hydrogen (secondary N) is 1. The molecule has 0 unspecified atom stereocenters. The quantitative estimate of drug-likeness (QED) is 0.503. The summed E-state index contributed by atoms with van der Waals surface area (Å²) in [6.45, 7) is 4.10. The monoisotopic (exact) mass is 379 g/mol. The Bertz CT molecular complexity index is 931. The molecule has 1 heterocycles. The second kappa shape index (κ2) is 8.68. The van der Waals surface area contributed by atoms with Gasteiger partial charge in [0.2, 0.25) is 5.91 Å². The number of nitrogens with zero attached hydrogens (tertiary/aromatic N) is 2. The standard InChI is InChI=1S/C21H21N3O2S/c1-15-10-16(2)12-18(11-15)24-9-8-22-21(24)27-14-20(26)23-13-19(25)17-6-4-3-5-7-17/h3-12H,13-14H2,1-2H3,(H,23,26). The van der Waals surface area contributed by atoms with Gasteiger partial charge in [-0.15, -0.1) is 0 Å². The van der Waals surface area contributed by atoms with Gasteiger partial charge in [-0.3, -0.25) is 14.2 Å². The Morgan fingerprint density at radius 1 is 1.07 bits per heavy atom. The molecular formula is C21H21N3O2S. The van der Waals surface area contributed by atoms with Gasteiger partial charge in [0.15, 0.2) is 10.9 Å². The van der Waals surface area contributed by atoms with Crippen molar-refractivity contribution in [2.24, 2.45) is 0 Å². The first kappa shape index (κ1) is 18.9. The van der Waals surface area contributed by atoms with Gasteiger partial charge in [0, 0.05) is 23.6 Å². The van der Waals surface area contributed by atoms with E-state index in [1.54, 1.807) is 30.5 Å². The van der Waals surface area contributed by atoms with E-state index in [0.29, 0.717) is 5.56 Å². The molecule has 138 valence electrons. The maximum Gasteiger partial charge on any atom is 0.230 e. The minimum atomic E-state index is -0.195. The van der Waals surface area contributed by atoms with Crippen molar-refractivity contribution in [2.45, 2.75) is 19.0 Å². The number of ketones is 1. The summed E-state index contributed by atoms with van der Waals surface area (Å²) in [4.78, 5) is 28.5. The number of aryl methyl sites for hydroxylation is 2. The summed E-state index contributed by atoms with van der Waals surface area (Å²) in [6, 6.07) is 15.2. The van der Waals surface area contributed by atoms with E-state index >= 15 is 0 Å². The molecule has 3 aromatic rings. The summed E-state index contributed by atoms with van der Waals surface area (Å²) in [5.41, 5.74) is 3.96. The van der Waals surface area contributed by atoms with Crippen LogP contribution in [0.5, 0.6) is 0 Å². The van der Waals surface area contributed by atoms with Crippen molar-refractivity contribution in [3.63, 3.8) is 0 Å². The summed E-state index contributed by atoms with van der Waals surface area (Å²) in [5, 5.41) is 3.41. The van der Waals surface area contributed by atoms with E-state index in [0.717, 1.165) is 10.8 Å². The third kappa shape index (κ3) is 5.08. The molecule has 1 aromatic heterocycles. The first-order valence-corrected chi connectivity index (χ1v) is 9.61. The number of carbonyl (C=O) groups excluding carboxylic acids is 2. The van der Waals surface area contributed by atoms with Crippen molar-refractivity contribution in [1.82, 2.24) is 14.9 Å². The van der Waals surface area contributed by atoms with Crippen LogP contribution in [-0.2, 0) is 4.79 Å². The summed E-state index contributed by atoms with van der Waals surface area (Å²) in [5.74, 6) is -0.103. The normalized spacial score (nSPS) is 10.6. The summed E-state index contributed by atoms with van der Waals surface area (Å²) >= 11 is 1.34. The number of rotatable bonds is 7. The molecule has 6 heteroatoms. The second-order valence-electron chi connectivity index (χ2n) is 6.28. The minimum absolute atomic E-state index is 0.00504. The molecule has 0 spiro atoms. The van der Waals surface area contributed by atoms with Gasteiger partial charge in [-0.1, -0.05) is 48.2 Å². The lowest BCUT2D eigenvalue weighted by atomic mass is 10.1. The molecule has 0 radical (unpaired) electrons. The number of amides is 1. The van der Waals surface area contributed by atoms with Crippen molar-refractivity contribution in [2.75, 3.05) is 12.3 Å². The molecule has 1 amide bonds. The number of carbonyl (C=O) groups is 2. The summed E-state index contributed by atoms with van der Waals surface area (Å²) < 4.78 is 1.97. The molecule has 2 aromatic carbocycles. The van der Waals surface area contributed by atoms with Gasteiger partial charge >= 0.3 is 0 Å². The molecule has 27 heavy (non-hydrogen) atoms. The summed E-state index contributed by atoms with van der Waals surface area (Å²) in [6.07, 6.45) is 3.60. The Morgan fingerprint density at radius 3 is 2.48 bits per heavy atom. The van der Waals surface area contributed by atoms with Crippen molar-refractivity contribution < 1.29 is 9.59 Å². The first-order chi connectivity index (χ1) is 13.0. The van der Waals surface area contributed by atoms with Crippen LogP contribution in [0.15, 0.2) is 66.1 Å². The van der Waals surface area contributed by atoms with Crippen LogP contribution < -0.4 is 5.32 Å². The lowest BCUT2D eigenvalue weighted by Gasteiger charge is -2.10. The van der Waals surface area contributed by atoms with E-state index in [2.05, 4.69) is 42.3 Å². The van der Waals surface area contributed by atoms with E-state index in [-0.39, 0.29) is 24.0 Å². The molecule has 0 bridgehead atoms. The molecule has 0 fully saturated rings. The Kier molecular flexibility index (Phi) is 6.08. The van der Waals surface area contributed by atoms with Crippen molar-refractivity contribution in [3.8, 4) is 5.69 Å². The van der Waals surface area contributed by atoms with E-state index in [9.17, 15) is 9.59 Å². The Labute approximate surface area is 162 Å². The van der Waals surface area contributed by atoms with Crippen LogP contribution in [0.25, 0.3) is 5.69 Å². The zero-order valence-corrected chi connectivity index (χ0v) is 16.1. The fourth-order valence-corrected chi connectivity index (χ4v) is 3.57. The van der Waals surface area contributed by atoms with E-state index in [1.807, 2.05) is 16.8 Å². The highest BCUT2D eigenvalue weighted by Crippen LogP contribution is 2.22. The summed E-state index contributed by atoms with van der Waals surface area (Å²) in [7, 11) is 0. The molecule has 3 rings (SSSR count). The number of thioether (sulfide) groups is 1. The average Bonchev–Trinajstić information content (AvgIpc) is 3.13. The van der Waals surface area contributed by atoms with Crippen LogP contribution in [0, 0.1) is 13.8 Å². The topological polar surface area (TPSA) is 64.0 Å². The van der Waals surface area contributed by atoms with Gasteiger partial charge in [0.1, 0.15) is 0 Å². The van der Waals surface area contributed by atoms with Gasteiger partial charge in [-0.05, 0) is 37.1 Å². The number of hydrogen-bond donors (Lipinski definition) is 1. The third-order valence-corrected chi connectivity index (χ3v) is 4.93. The molecule has 0 aliphatic heterocycles. The molecule has 5 nitrogen and oxygen atoms in total.